The summed E-state index contributed by atoms with van der Waals surface area (Å²) in [6, 6.07) is 9.40. The normalized spacial score (nSPS) is 16.1. The highest BCUT2D eigenvalue weighted by atomic mass is 16.1. The van der Waals surface area contributed by atoms with E-state index in [2.05, 4.69) is 6.08 Å². The number of carbonyl (C=O) groups excluding carboxylic acids is 1. The summed E-state index contributed by atoms with van der Waals surface area (Å²) in [6.07, 6.45) is 10.7. The van der Waals surface area contributed by atoms with Crippen LogP contribution in [-0.4, -0.2) is 5.78 Å². The van der Waals surface area contributed by atoms with Crippen molar-refractivity contribution < 1.29 is 4.79 Å². The maximum Gasteiger partial charge on any atom is 0.185 e. The summed E-state index contributed by atoms with van der Waals surface area (Å²) >= 11 is 0. The third-order valence-corrected chi connectivity index (χ3v) is 2.83. The molecule has 1 nitrogen and oxygen atoms in total. The Morgan fingerprint density at radius 1 is 1.12 bits per heavy atom. The van der Waals surface area contributed by atoms with Gasteiger partial charge in [0.1, 0.15) is 0 Å². The fourth-order valence-corrected chi connectivity index (χ4v) is 1.90. The van der Waals surface area contributed by atoms with Gasteiger partial charge in [-0.1, -0.05) is 48.1 Å². The van der Waals surface area contributed by atoms with Crippen molar-refractivity contribution in [1.29, 1.82) is 0 Å². The average Bonchev–Trinajstić information content (AvgIpc) is 2.38. The van der Waals surface area contributed by atoms with Crippen LogP contribution in [0.3, 0.4) is 0 Å². The van der Waals surface area contributed by atoms with Crippen molar-refractivity contribution in [3.63, 3.8) is 0 Å². The molecule has 82 valence electrons. The Labute approximate surface area is 96.5 Å². The average molecular weight is 212 g/mol. The minimum atomic E-state index is 0.0899. The maximum absolute atomic E-state index is 11.8. The van der Waals surface area contributed by atoms with Crippen molar-refractivity contribution in [3.05, 3.63) is 59.7 Å². The molecule has 2 rings (SSSR count). The van der Waals surface area contributed by atoms with Crippen LogP contribution in [0, 0.1) is 0 Å². The first-order valence-corrected chi connectivity index (χ1v) is 5.83. The van der Waals surface area contributed by atoms with Crippen molar-refractivity contribution in [1.82, 2.24) is 0 Å². The first-order valence-electron chi connectivity index (χ1n) is 5.83. The first-order chi connectivity index (χ1) is 7.86. The number of carbonyl (C=O) groups is 1. The second-order valence-electron chi connectivity index (χ2n) is 4.09. The molecule has 1 heteroatoms. The number of hydrogen-bond donors (Lipinski definition) is 0. The zero-order valence-electron chi connectivity index (χ0n) is 9.36. The molecule has 0 fully saturated rings. The van der Waals surface area contributed by atoms with Gasteiger partial charge >= 0.3 is 0 Å². The van der Waals surface area contributed by atoms with Gasteiger partial charge in [0.2, 0.25) is 0 Å². The van der Waals surface area contributed by atoms with Gasteiger partial charge in [-0.25, -0.2) is 0 Å². The van der Waals surface area contributed by atoms with Gasteiger partial charge < -0.3 is 0 Å². The summed E-state index contributed by atoms with van der Waals surface area (Å²) < 4.78 is 0. The van der Waals surface area contributed by atoms with Crippen LogP contribution in [0.25, 0.3) is 0 Å². The van der Waals surface area contributed by atoms with Crippen LogP contribution in [0.15, 0.2) is 54.1 Å². The largest absolute Gasteiger partial charge is 0.289 e. The zero-order chi connectivity index (χ0) is 11.2. The fraction of sp³-hybridized carbons (Fsp3) is 0.267. The Morgan fingerprint density at radius 3 is 2.62 bits per heavy atom. The van der Waals surface area contributed by atoms with Crippen LogP contribution in [0.2, 0.25) is 0 Å². The van der Waals surface area contributed by atoms with Gasteiger partial charge in [-0.2, -0.15) is 0 Å². The van der Waals surface area contributed by atoms with E-state index >= 15 is 0 Å². The Kier molecular flexibility index (Phi) is 3.71. The van der Waals surface area contributed by atoms with E-state index in [4.69, 9.17) is 0 Å². The van der Waals surface area contributed by atoms with Crippen LogP contribution in [0.1, 0.15) is 36.0 Å². The molecular weight excluding hydrogens is 196 g/mol. The van der Waals surface area contributed by atoms with E-state index < -0.39 is 0 Å². The predicted molar refractivity (Wildman–Crippen MR) is 66.5 cm³/mol. The van der Waals surface area contributed by atoms with E-state index in [-0.39, 0.29) is 5.78 Å². The van der Waals surface area contributed by atoms with Gasteiger partial charge in [0.05, 0.1) is 0 Å². The van der Waals surface area contributed by atoms with E-state index in [0.717, 1.165) is 18.4 Å². The summed E-state index contributed by atoms with van der Waals surface area (Å²) in [5, 5.41) is 0. The molecular formula is C15H16O. The molecule has 0 N–H and O–H groups in total. The molecule has 0 saturated heterocycles. The molecule has 0 heterocycles. The molecule has 0 amide bonds. The van der Waals surface area contributed by atoms with Crippen LogP contribution < -0.4 is 0 Å². The molecule has 0 radical (unpaired) electrons. The van der Waals surface area contributed by atoms with Crippen molar-refractivity contribution >= 4 is 5.78 Å². The van der Waals surface area contributed by atoms with E-state index in [0.29, 0.717) is 0 Å². The van der Waals surface area contributed by atoms with Crippen LogP contribution in [0.4, 0.5) is 0 Å². The molecule has 0 saturated carbocycles. The second kappa shape index (κ2) is 5.45. The van der Waals surface area contributed by atoms with Gasteiger partial charge in [0.25, 0.3) is 0 Å². The number of hydrogen-bond acceptors (Lipinski definition) is 1. The van der Waals surface area contributed by atoms with Crippen molar-refractivity contribution in [3.8, 4) is 0 Å². The lowest BCUT2D eigenvalue weighted by atomic mass is 9.98. The lowest BCUT2D eigenvalue weighted by molar-refractivity contribution is 0.104. The smallest absolute Gasteiger partial charge is 0.185 e. The van der Waals surface area contributed by atoms with Gasteiger partial charge in [0, 0.05) is 5.56 Å². The fourth-order valence-electron chi connectivity index (χ4n) is 1.90. The summed E-state index contributed by atoms with van der Waals surface area (Å²) in [7, 11) is 0. The monoisotopic (exact) mass is 212 g/mol. The Bertz CT molecular complexity index is 412. The van der Waals surface area contributed by atoms with E-state index in [1.54, 1.807) is 6.08 Å². The zero-order valence-corrected chi connectivity index (χ0v) is 9.36. The third-order valence-electron chi connectivity index (χ3n) is 2.83. The second-order valence-corrected chi connectivity index (χ2v) is 4.09. The highest BCUT2D eigenvalue weighted by Crippen LogP contribution is 2.18. The molecule has 0 aliphatic heterocycles. The molecule has 1 aliphatic rings. The number of rotatable bonds is 3. The summed E-state index contributed by atoms with van der Waals surface area (Å²) in [5.41, 5.74) is 2.06. The number of ketones is 1. The molecule has 16 heavy (non-hydrogen) atoms. The highest BCUT2D eigenvalue weighted by Gasteiger charge is 2.02. The van der Waals surface area contributed by atoms with Crippen LogP contribution in [0.5, 0.6) is 0 Å². The quantitative estimate of drug-likeness (QED) is 0.548. The highest BCUT2D eigenvalue weighted by molar-refractivity contribution is 6.04. The Morgan fingerprint density at radius 2 is 1.94 bits per heavy atom. The third kappa shape index (κ3) is 2.93. The van der Waals surface area contributed by atoms with Gasteiger partial charge in [-0.3, -0.25) is 4.79 Å². The molecule has 0 aromatic heterocycles. The minimum Gasteiger partial charge on any atom is -0.289 e. The van der Waals surface area contributed by atoms with Gasteiger partial charge in [0.15, 0.2) is 5.78 Å². The predicted octanol–water partition coefficient (Wildman–Crippen LogP) is 3.93. The Balaban J connectivity index is 2.02. The summed E-state index contributed by atoms with van der Waals surface area (Å²) in [4.78, 5) is 11.8. The molecule has 1 aromatic rings. The molecule has 0 unspecified atom stereocenters. The SMILES string of the molecule is O=C(/C=C/C1=CCCCC1)c1ccccc1. The van der Waals surface area contributed by atoms with E-state index in [9.17, 15) is 4.79 Å². The van der Waals surface area contributed by atoms with Crippen molar-refractivity contribution in [2.24, 2.45) is 0 Å². The maximum atomic E-state index is 11.8. The van der Waals surface area contributed by atoms with E-state index in [1.807, 2.05) is 36.4 Å². The number of allylic oxidation sites excluding steroid dienone is 4. The summed E-state index contributed by atoms with van der Waals surface area (Å²) in [6.45, 7) is 0. The lowest BCUT2D eigenvalue weighted by Gasteiger charge is -2.07. The standard InChI is InChI=1S/C15H16O/c16-15(14-9-5-2-6-10-14)12-11-13-7-3-1-4-8-13/h2,5-7,9-12H,1,3-4,8H2/b12-11+. The summed E-state index contributed by atoms with van der Waals surface area (Å²) in [5.74, 6) is 0.0899. The minimum absolute atomic E-state index is 0.0899. The molecule has 1 aromatic carbocycles. The molecule has 0 bridgehead atoms. The Hall–Kier alpha value is -1.63. The number of benzene rings is 1. The lowest BCUT2D eigenvalue weighted by Crippen LogP contribution is -1.94. The van der Waals surface area contributed by atoms with Crippen molar-refractivity contribution in [2.75, 3.05) is 0 Å². The topological polar surface area (TPSA) is 17.1 Å². The molecule has 0 atom stereocenters. The first kappa shape index (κ1) is 10.9. The van der Waals surface area contributed by atoms with E-state index in [1.165, 1.54) is 18.4 Å². The van der Waals surface area contributed by atoms with Crippen LogP contribution in [-0.2, 0) is 0 Å². The molecule has 0 spiro atoms. The van der Waals surface area contributed by atoms with Gasteiger partial charge in [-0.15, -0.1) is 0 Å². The van der Waals surface area contributed by atoms with Crippen molar-refractivity contribution in [2.45, 2.75) is 25.7 Å². The van der Waals surface area contributed by atoms with Crippen LogP contribution >= 0.6 is 0 Å². The van der Waals surface area contributed by atoms with Gasteiger partial charge in [-0.05, 0) is 31.8 Å². The molecule has 1 aliphatic carbocycles.